The fourth-order valence-electron chi connectivity index (χ4n) is 7.06. The molecule has 0 aromatic heterocycles. The van der Waals surface area contributed by atoms with Gasteiger partial charge in [0.25, 0.3) is 0 Å². The van der Waals surface area contributed by atoms with Crippen molar-refractivity contribution < 1.29 is 0 Å². The molecule has 0 saturated heterocycles. The van der Waals surface area contributed by atoms with Gasteiger partial charge in [0.05, 0.1) is 0 Å². The van der Waals surface area contributed by atoms with E-state index in [2.05, 4.69) is 34.6 Å². The zero-order valence-electron chi connectivity index (χ0n) is 29.0. The SMILES string of the molecule is CCCCCCCCCCCCCCCCP(Cl)(CC)(CCCCCCCCCCCCCCCC)CC(C)C. The Balaban J connectivity index is 3.94. The number of hydrogen-bond donors (Lipinski definition) is 0. The van der Waals surface area contributed by atoms with Crippen LogP contribution in [0.3, 0.4) is 0 Å². The van der Waals surface area contributed by atoms with Crippen molar-refractivity contribution in [2.45, 2.75) is 214 Å². The molecule has 0 aromatic carbocycles. The van der Waals surface area contributed by atoms with E-state index in [1.807, 2.05) is 0 Å². The van der Waals surface area contributed by atoms with Crippen molar-refractivity contribution in [2.75, 3.05) is 24.6 Å². The molecule has 0 N–H and O–H groups in total. The van der Waals surface area contributed by atoms with Gasteiger partial charge in [-0.2, -0.15) is 0 Å². The molecule has 0 bridgehead atoms. The molecule has 0 fully saturated rings. The number of halogens is 1. The van der Waals surface area contributed by atoms with Crippen LogP contribution in [0.4, 0.5) is 0 Å². The first kappa shape index (κ1) is 40.7. The van der Waals surface area contributed by atoms with Gasteiger partial charge in [0, 0.05) is 0 Å². The predicted molar refractivity (Wildman–Crippen MR) is 193 cm³/mol. The van der Waals surface area contributed by atoms with Crippen molar-refractivity contribution in [1.82, 2.24) is 0 Å². The summed E-state index contributed by atoms with van der Waals surface area (Å²) in [6.07, 6.45) is 45.7. The maximum atomic E-state index is 7.81. The van der Waals surface area contributed by atoms with Crippen molar-refractivity contribution in [3.05, 3.63) is 0 Å². The van der Waals surface area contributed by atoms with E-state index in [1.54, 1.807) is 0 Å². The Bertz CT molecular complexity index is 470. The van der Waals surface area contributed by atoms with E-state index >= 15 is 0 Å². The molecular formula is C38H80ClP. The summed E-state index contributed by atoms with van der Waals surface area (Å²) in [6.45, 7) is 11.9. The van der Waals surface area contributed by atoms with Crippen LogP contribution in [0.2, 0.25) is 0 Å². The van der Waals surface area contributed by atoms with Gasteiger partial charge in [-0.05, 0) is 0 Å². The Labute approximate surface area is 261 Å². The zero-order valence-corrected chi connectivity index (χ0v) is 30.7. The first-order chi connectivity index (χ1) is 19.4. The van der Waals surface area contributed by atoms with Crippen molar-refractivity contribution in [3.8, 4) is 0 Å². The Morgan fingerprint density at radius 2 is 0.600 bits per heavy atom. The molecule has 0 radical (unpaired) electrons. The summed E-state index contributed by atoms with van der Waals surface area (Å²) in [5.41, 5.74) is 0. The third-order valence-electron chi connectivity index (χ3n) is 9.75. The number of unbranched alkanes of at least 4 members (excludes halogenated alkanes) is 26. The van der Waals surface area contributed by atoms with Crippen LogP contribution in [0, 0.1) is 5.92 Å². The first-order valence-electron chi connectivity index (χ1n) is 19.1. The van der Waals surface area contributed by atoms with E-state index in [0.717, 1.165) is 5.92 Å². The van der Waals surface area contributed by atoms with Crippen molar-refractivity contribution in [3.63, 3.8) is 0 Å². The fourth-order valence-corrected chi connectivity index (χ4v) is 13.9. The van der Waals surface area contributed by atoms with Crippen LogP contribution >= 0.6 is 17.2 Å². The third-order valence-corrected chi connectivity index (χ3v) is 18.0. The molecule has 0 amide bonds. The second kappa shape index (κ2) is 28.5. The molecule has 0 aliphatic carbocycles. The average Bonchev–Trinajstić information content (AvgIpc) is 2.93. The van der Waals surface area contributed by atoms with Gasteiger partial charge in [0.1, 0.15) is 0 Å². The van der Waals surface area contributed by atoms with Gasteiger partial charge in [-0.3, -0.25) is 0 Å². The van der Waals surface area contributed by atoms with Crippen molar-refractivity contribution in [1.29, 1.82) is 0 Å². The Morgan fingerprint density at radius 3 is 0.800 bits per heavy atom. The molecule has 0 atom stereocenters. The van der Waals surface area contributed by atoms with Crippen LogP contribution in [0.15, 0.2) is 0 Å². The van der Waals surface area contributed by atoms with Crippen LogP contribution in [-0.2, 0) is 0 Å². The van der Waals surface area contributed by atoms with E-state index in [9.17, 15) is 0 Å². The fraction of sp³-hybridized carbons (Fsp3) is 1.00. The summed E-state index contributed by atoms with van der Waals surface area (Å²) in [4.78, 5) is 0. The second-order valence-corrected chi connectivity index (χ2v) is 22.8. The predicted octanol–water partition coefficient (Wildman–Crippen LogP) is 15.3. The molecule has 0 aliphatic rings. The minimum atomic E-state index is -2.06. The van der Waals surface area contributed by atoms with E-state index < -0.39 is 5.96 Å². The van der Waals surface area contributed by atoms with Crippen LogP contribution < -0.4 is 0 Å². The first-order valence-corrected chi connectivity index (χ1v) is 23.0. The molecule has 40 heavy (non-hydrogen) atoms. The Hall–Kier alpha value is 0.720. The van der Waals surface area contributed by atoms with Crippen molar-refractivity contribution in [2.24, 2.45) is 5.92 Å². The van der Waals surface area contributed by atoms with Gasteiger partial charge in [-0.1, -0.05) is 52.4 Å². The van der Waals surface area contributed by atoms with Gasteiger partial charge < -0.3 is 0 Å². The molecule has 0 aliphatic heterocycles. The van der Waals surface area contributed by atoms with Crippen LogP contribution in [0.1, 0.15) is 214 Å². The summed E-state index contributed by atoms with van der Waals surface area (Å²) >= 11 is 7.81. The van der Waals surface area contributed by atoms with Crippen LogP contribution in [0.25, 0.3) is 0 Å². The quantitative estimate of drug-likeness (QED) is 0.0517. The standard InChI is InChI=1S/C38H80ClP/c1-6-9-11-13-15-17-19-21-23-25-27-29-31-33-35-40(39,8-3,37-38(4)5)36-34-32-30-28-26-24-22-20-18-16-14-12-10-7-2/h38H,6-37H2,1-5H3. The normalized spacial score (nSPS) is 13.2. The van der Waals surface area contributed by atoms with E-state index in [0.29, 0.717) is 0 Å². The maximum absolute atomic E-state index is 7.81. The summed E-state index contributed by atoms with van der Waals surface area (Å²) in [5, 5.41) is 0. The molecule has 244 valence electrons. The number of hydrogen-bond acceptors (Lipinski definition) is 0. The molecule has 0 heterocycles. The minimum absolute atomic E-state index is 0.744. The third kappa shape index (κ3) is 25.2. The summed E-state index contributed by atoms with van der Waals surface area (Å²) in [6, 6.07) is 0. The molecule has 0 rings (SSSR count). The molecule has 0 nitrogen and oxygen atoms in total. The van der Waals surface area contributed by atoms with E-state index in [4.69, 9.17) is 11.2 Å². The Kier molecular flexibility index (Phi) is 29.0. The van der Waals surface area contributed by atoms with Crippen molar-refractivity contribution >= 4 is 17.2 Å². The van der Waals surface area contributed by atoms with Gasteiger partial charge in [0.15, 0.2) is 0 Å². The molecular weight excluding hydrogens is 523 g/mol. The summed E-state index contributed by atoms with van der Waals surface area (Å²) in [5.74, 6) is -1.31. The monoisotopic (exact) mass is 603 g/mol. The average molecular weight is 603 g/mol. The Morgan fingerprint density at radius 1 is 0.375 bits per heavy atom. The van der Waals surface area contributed by atoms with Gasteiger partial charge in [-0.15, -0.1) is 0 Å². The summed E-state index contributed by atoms with van der Waals surface area (Å²) < 4.78 is 0. The van der Waals surface area contributed by atoms with Crippen LogP contribution in [-0.4, -0.2) is 24.6 Å². The molecule has 2 heteroatoms. The zero-order chi connectivity index (χ0) is 29.7. The molecule has 0 aromatic rings. The van der Waals surface area contributed by atoms with Gasteiger partial charge in [0.2, 0.25) is 0 Å². The topological polar surface area (TPSA) is 0 Å². The molecule has 0 saturated carbocycles. The summed E-state index contributed by atoms with van der Waals surface area (Å²) in [7, 11) is 0. The van der Waals surface area contributed by atoms with Gasteiger partial charge in [-0.25, -0.2) is 0 Å². The van der Waals surface area contributed by atoms with E-state index in [1.165, 1.54) is 204 Å². The van der Waals surface area contributed by atoms with Crippen LogP contribution in [0.5, 0.6) is 0 Å². The molecule has 0 unspecified atom stereocenters. The molecule has 0 spiro atoms. The van der Waals surface area contributed by atoms with Gasteiger partial charge >= 0.3 is 210 Å². The second-order valence-electron chi connectivity index (χ2n) is 14.4. The number of rotatable bonds is 33. The van der Waals surface area contributed by atoms with E-state index in [-0.39, 0.29) is 0 Å².